The number of aromatic amines is 1. The van der Waals surface area contributed by atoms with Gasteiger partial charge in [-0.1, -0.05) is 29.5 Å². The third kappa shape index (κ3) is 1.75. The van der Waals surface area contributed by atoms with Gasteiger partial charge in [0.15, 0.2) is 5.13 Å². The molecule has 0 radical (unpaired) electrons. The zero-order chi connectivity index (χ0) is 12.7. The number of hydrogen-bond acceptors (Lipinski definition) is 4. The molecule has 0 spiro atoms. The van der Waals surface area contributed by atoms with Gasteiger partial charge >= 0.3 is 0 Å². The van der Waals surface area contributed by atoms with Crippen LogP contribution in [0.25, 0.3) is 21.1 Å². The number of para-hydroxylation sites is 1. The summed E-state index contributed by atoms with van der Waals surface area (Å²) in [6.45, 7) is 0. The van der Waals surface area contributed by atoms with Crippen LogP contribution in [0.1, 0.15) is 0 Å². The van der Waals surface area contributed by atoms with Crippen molar-refractivity contribution in [2.24, 2.45) is 0 Å². The van der Waals surface area contributed by atoms with Crippen LogP contribution in [0, 0.1) is 0 Å². The second kappa shape index (κ2) is 4.07. The molecule has 0 saturated carbocycles. The SMILES string of the molecule is c1ccc(Nc2nc3ccc4cn[nH]c4c3s2)cc1. The number of thiazole rings is 1. The van der Waals surface area contributed by atoms with Crippen molar-refractivity contribution < 1.29 is 0 Å². The first kappa shape index (κ1) is 10.5. The smallest absolute Gasteiger partial charge is 0.188 e. The first-order valence-electron chi connectivity index (χ1n) is 5.95. The van der Waals surface area contributed by atoms with Crippen LogP contribution in [-0.2, 0) is 0 Å². The maximum Gasteiger partial charge on any atom is 0.188 e. The Kier molecular flexibility index (Phi) is 2.25. The van der Waals surface area contributed by atoms with E-state index in [1.165, 1.54) is 0 Å². The molecule has 0 atom stereocenters. The van der Waals surface area contributed by atoms with Crippen LogP contribution < -0.4 is 5.32 Å². The van der Waals surface area contributed by atoms with Crippen LogP contribution in [0.2, 0.25) is 0 Å². The highest BCUT2D eigenvalue weighted by atomic mass is 32.1. The molecule has 0 aliphatic carbocycles. The predicted molar refractivity (Wildman–Crippen MR) is 79.0 cm³/mol. The van der Waals surface area contributed by atoms with Gasteiger partial charge in [-0.3, -0.25) is 5.10 Å². The summed E-state index contributed by atoms with van der Waals surface area (Å²) in [5.74, 6) is 0. The number of nitrogens with one attached hydrogen (secondary N) is 2. The van der Waals surface area contributed by atoms with Gasteiger partial charge in [-0.25, -0.2) is 4.98 Å². The van der Waals surface area contributed by atoms with Gasteiger partial charge < -0.3 is 5.32 Å². The third-order valence-corrected chi connectivity index (χ3v) is 4.00. The summed E-state index contributed by atoms with van der Waals surface area (Å²) >= 11 is 1.63. The quantitative estimate of drug-likeness (QED) is 0.578. The number of fused-ring (bicyclic) bond motifs is 3. The molecule has 0 saturated heterocycles. The fourth-order valence-electron chi connectivity index (χ4n) is 2.09. The number of anilines is 2. The summed E-state index contributed by atoms with van der Waals surface area (Å²) in [5.41, 5.74) is 3.08. The van der Waals surface area contributed by atoms with Crippen LogP contribution >= 0.6 is 11.3 Å². The van der Waals surface area contributed by atoms with E-state index in [1.54, 1.807) is 11.3 Å². The van der Waals surface area contributed by atoms with Gasteiger partial charge in [-0.2, -0.15) is 5.10 Å². The molecule has 0 amide bonds. The van der Waals surface area contributed by atoms with Crippen LogP contribution in [0.15, 0.2) is 48.7 Å². The summed E-state index contributed by atoms with van der Waals surface area (Å²) in [6, 6.07) is 14.1. The Hall–Kier alpha value is -2.40. The van der Waals surface area contributed by atoms with Crippen LogP contribution in [0.4, 0.5) is 10.8 Å². The van der Waals surface area contributed by atoms with Crippen LogP contribution in [0.5, 0.6) is 0 Å². The zero-order valence-electron chi connectivity index (χ0n) is 9.92. The van der Waals surface area contributed by atoms with Crippen molar-refractivity contribution in [3.63, 3.8) is 0 Å². The van der Waals surface area contributed by atoms with E-state index in [2.05, 4.69) is 20.5 Å². The zero-order valence-corrected chi connectivity index (χ0v) is 10.7. The van der Waals surface area contributed by atoms with E-state index in [-0.39, 0.29) is 0 Å². The Morgan fingerprint density at radius 1 is 1.05 bits per heavy atom. The molecule has 2 aromatic heterocycles. The van der Waals surface area contributed by atoms with Gasteiger partial charge in [0.05, 0.1) is 21.9 Å². The van der Waals surface area contributed by atoms with Crippen molar-refractivity contribution in [2.75, 3.05) is 5.32 Å². The highest BCUT2D eigenvalue weighted by molar-refractivity contribution is 7.23. The molecule has 2 heterocycles. The fourth-order valence-corrected chi connectivity index (χ4v) is 3.08. The largest absolute Gasteiger partial charge is 0.332 e. The average Bonchev–Trinajstić information content (AvgIpc) is 3.04. The minimum absolute atomic E-state index is 0.892. The molecule has 4 rings (SSSR count). The first-order chi connectivity index (χ1) is 9.40. The molecule has 2 aromatic carbocycles. The van der Waals surface area contributed by atoms with E-state index in [1.807, 2.05) is 48.7 Å². The van der Waals surface area contributed by atoms with Gasteiger partial charge in [-0.15, -0.1) is 0 Å². The van der Waals surface area contributed by atoms with Crippen molar-refractivity contribution in [2.45, 2.75) is 0 Å². The molecule has 92 valence electrons. The maximum atomic E-state index is 4.60. The molecule has 0 fully saturated rings. The summed E-state index contributed by atoms with van der Waals surface area (Å²) in [7, 11) is 0. The molecular formula is C14H10N4S. The molecule has 0 unspecified atom stereocenters. The minimum Gasteiger partial charge on any atom is -0.332 e. The Balaban J connectivity index is 1.83. The van der Waals surface area contributed by atoms with Crippen molar-refractivity contribution in [1.29, 1.82) is 0 Å². The molecule has 5 heteroatoms. The number of nitrogens with zero attached hydrogens (tertiary/aromatic N) is 2. The lowest BCUT2D eigenvalue weighted by Gasteiger charge is -1.99. The monoisotopic (exact) mass is 266 g/mol. The van der Waals surface area contributed by atoms with E-state index in [0.29, 0.717) is 0 Å². The van der Waals surface area contributed by atoms with Gasteiger partial charge in [0.25, 0.3) is 0 Å². The van der Waals surface area contributed by atoms with Gasteiger partial charge in [-0.05, 0) is 24.3 Å². The molecule has 4 nitrogen and oxygen atoms in total. The molecule has 19 heavy (non-hydrogen) atoms. The second-order valence-electron chi connectivity index (χ2n) is 4.26. The average molecular weight is 266 g/mol. The summed E-state index contributed by atoms with van der Waals surface area (Å²) in [5, 5.41) is 12.4. The summed E-state index contributed by atoms with van der Waals surface area (Å²) in [6.07, 6.45) is 1.83. The number of benzene rings is 2. The van der Waals surface area contributed by atoms with Gasteiger partial charge in [0, 0.05) is 11.1 Å². The van der Waals surface area contributed by atoms with E-state index >= 15 is 0 Å². The Labute approximate surface area is 113 Å². The van der Waals surface area contributed by atoms with Gasteiger partial charge in [0.2, 0.25) is 0 Å². The summed E-state index contributed by atoms with van der Waals surface area (Å²) in [4.78, 5) is 4.60. The molecule has 0 aliphatic rings. The van der Waals surface area contributed by atoms with Crippen molar-refractivity contribution >= 4 is 43.3 Å². The lowest BCUT2D eigenvalue weighted by molar-refractivity contribution is 1.12. The highest BCUT2D eigenvalue weighted by Crippen LogP contribution is 2.32. The van der Waals surface area contributed by atoms with E-state index in [0.717, 1.165) is 31.9 Å². The fraction of sp³-hybridized carbons (Fsp3) is 0. The molecule has 0 bridgehead atoms. The second-order valence-corrected chi connectivity index (χ2v) is 5.26. The Bertz CT molecular complexity index is 848. The Morgan fingerprint density at radius 2 is 1.95 bits per heavy atom. The molecular weight excluding hydrogens is 256 g/mol. The maximum absolute atomic E-state index is 4.60. The summed E-state index contributed by atoms with van der Waals surface area (Å²) < 4.78 is 1.13. The molecule has 0 aliphatic heterocycles. The van der Waals surface area contributed by atoms with Gasteiger partial charge in [0.1, 0.15) is 0 Å². The van der Waals surface area contributed by atoms with Crippen molar-refractivity contribution in [3.8, 4) is 0 Å². The minimum atomic E-state index is 0.892. The molecule has 2 N–H and O–H groups in total. The first-order valence-corrected chi connectivity index (χ1v) is 6.76. The lowest BCUT2D eigenvalue weighted by atomic mass is 10.2. The number of rotatable bonds is 2. The number of H-pyrrole nitrogens is 1. The van der Waals surface area contributed by atoms with E-state index < -0.39 is 0 Å². The van der Waals surface area contributed by atoms with Crippen LogP contribution in [0.3, 0.4) is 0 Å². The van der Waals surface area contributed by atoms with Crippen molar-refractivity contribution in [1.82, 2.24) is 15.2 Å². The third-order valence-electron chi connectivity index (χ3n) is 2.99. The van der Waals surface area contributed by atoms with Crippen molar-refractivity contribution in [3.05, 3.63) is 48.7 Å². The lowest BCUT2D eigenvalue weighted by Crippen LogP contribution is -1.87. The Morgan fingerprint density at radius 3 is 2.84 bits per heavy atom. The number of hydrogen-bond donors (Lipinski definition) is 2. The standard InChI is InChI=1S/C14H10N4S/c1-2-4-10(5-3-1)16-14-17-11-7-6-9-8-15-18-12(9)13(11)19-14/h1-8H,(H,15,18)(H,16,17). The highest BCUT2D eigenvalue weighted by Gasteiger charge is 2.08. The number of aromatic nitrogens is 3. The van der Waals surface area contributed by atoms with Crippen LogP contribution in [-0.4, -0.2) is 15.2 Å². The van der Waals surface area contributed by atoms with E-state index in [4.69, 9.17) is 0 Å². The van der Waals surface area contributed by atoms with E-state index in [9.17, 15) is 0 Å². The topological polar surface area (TPSA) is 53.6 Å². The molecule has 4 aromatic rings. The predicted octanol–water partition coefficient (Wildman–Crippen LogP) is 3.92. The normalized spacial score (nSPS) is 11.2.